The van der Waals surface area contributed by atoms with E-state index in [0.29, 0.717) is 28.0 Å². The Bertz CT molecular complexity index is 514. The predicted molar refractivity (Wildman–Crippen MR) is 65.9 cm³/mol. The molecule has 0 spiro atoms. The Kier molecular flexibility index (Phi) is 2.91. The maximum absolute atomic E-state index is 5.69. The van der Waals surface area contributed by atoms with Gasteiger partial charge in [-0.3, -0.25) is 4.98 Å². The topological polar surface area (TPSA) is 90.7 Å². The van der Waals surface area contributed by atoms with Gasteiger partial charge in [0.1, 0.15) is 5.82 Å². The van der Waals surface area contributed by atoms with Crippen molar-refractivity contribution in [3.8, 4) is 11.4 Å². The number of aromatic nitrogens is 3. The molecule has 0 fully saturated rings. The number of hydrogen-bond acceptors (Lipinski definition) is 6. The van der Waals surface area contributed by atoms with Gasteiger partial charge in [0.05, 0.1) is 11.4 Å². The van der Waals surface area contributed by atoms with Gasteiger partial charge in [0.25, 0.3) is 0 Å². The van der Waals surface area contributed by atoms with Crippen LogP contribution in [0.25, 0.3) is 11.4 Å². The van der Waals surface area contributed by atoms with Gasteiger partial charge in [-0.05, 0) is 18.4 Å². The predicted octanol–water partition coefficient (Wildman–Crippen LogP) is 1.42. The van der Waals surface area contributed by atoms with Crippen LogP contribution in [0, 0.1) is 0 Å². The Morgan fingerprint density at radius 2 is 1.94 bits per heavy atom. The Hall–Kier alpha value is -1.82. The summed E-state index contributed by atoms with van der Waals surface area (Å²) in [6, 6.07) is 5.16. The first kappa shape index (κ1) is 10.7. The van der Waals surface area contributed by atoms with E-state index < -0.39 is 0 Å². The lowest BCUT2D eigenvalue weighted by Crippen LogP contribution is -1.98. The number of thioether (sulfide) groups is 1. The van der Waals surface area contributed by atoms with Gasteiger partial charge in [0.2, 0.25) is 0 Å². The zero-order valence-corrected chi connectivity index (χ0v) is 9.53. The molecule has 0 aromatic carbocycles. The van der Waals surface area contributed by atoms with Crippen molar-refractivity contribution in [1.29, 1.82) is 0 Å². The molecule has 0 radical (unpaired) electrons. The van der Waals surface area contributed by atoms with Gasteiger partial charge in [0.15, 0.2) is 5.16 Å². The molecule has 0 aliphatic rings. The molecular formula is C10H11N5S. The average molecular weight is 233 g/mol. The van der Waals surface area contributed by atoms with Crippen LogP contribution in [0.15, 0.2) is 29.6 Å². The Labute approximate surface area is 97.3 Å². The normalized spacial score (nSPS) is 10.3. The first-order valence-corrected chi connectivity index (χ1v) is 5.82. The summed E-state index contributed by atoms with van der Waals surface area (Å²) in [5.41, 5.74) is 13.4. The van der Waals surface area contributed by atoms with Gasteiger partial charge in [0, 0.05) is 18.0 Å². The molecule has 6 heteroatoms. The van der Waals surface area contributed by atoms with Crippen LogP contribution in [0.4, 0.5) is 11.5 Å². The van der Waals surface area contributed by atoms with Crippen molar-refractivity contribution in [2.75, 3.05) is 17.7 Å². The first-order chi connectivity index (χ1) is 7.69. The summed E-state index contributed by atoms with van der Waals surface area (Å²) < 4.78 is 0. The van der Waals surface area contributed by atoms with Crippen molar-refractivity contribution < 1.29 is 0 Å². The maximum Gasteiger partial charge on any atom is 0.189 e. The standard InChI is InChI=1S/C10H11N5S/c1-16-10-14-8(5-9(12)15-10)7-4-6(11)2-3-13-7/h2-5H,1H3,(H2,11,13)(H2,12,14,15). The zero-order chi connectivity index (χ0) is 11.5. The van der Waals surface area contributed by atoms with Crippen molar-refractivity contribution in [1.82, 2.24) is 15.0 Å². The summed E-state index contributed by atoms with van der Waals surface area (Å²) in [5.74, 6) is 0.429. The highest BCUT2D eigenvalue weighted by Gasteiger charge is 2.05. The molecule has 0 atom stereocenters. The molecule has 2 aromatic rings. The SMILES string of the molecule is CSc1nc(N)cc(-c2cc(N)ccn2)n1. The molecule has 16 heavy (non-hydrogen) atoms. The molecule has 0 unspecified atom stereocenters. The fourth-order valence-electron chi connectivity index (χ4n) is 1.25. The van der Waals surface area contributed by atoms with Gasteiger partial charge in [-0.15, -0.1) is 0 Å². The first-order valence-electron chi connectivity index (χ1n) is 4.59. The lowest BCUT2D eigenvalue weighted by atomic mass is 10.2. The van der Waals surface area contributed by atoms with Crippen LogP contribution in [-0.2, 0) is 0 Å². The second-order valence-electron chi connectivity index (χ2n) is 3.14. The lowest BCUT2D eigenvalue weighted by molar-refractivity contribution is 0.980. The van der Waals surface area contributed by atoms with Gasteiger partial charge < -0.3 is 11.5 Å². The third-order valence-corrected chi connectivity index (χ3v) is 2.50. The number of rotatable bonds is 2. The number of nitrogens with two attached hydrogens (primary N) is 2. The van der Waals surface area contributed by atoms with E-state index in [4.69, 9.17) is 11.5 Å². The minimum atomic E-state index is 0.429. The van der Waals surface area contributed by atoms with Crippen LogP contribution in [0.5, 0.6) is 0 Å². The van der Waals surface area contributed by atoms with Crippen molar-refractivity contribution >= 4 is 23.3 Å². The second-order valence-corrected chi connectivity index (χ2v) is 3.91. The van der Waals surface area contributed by atoms with E-state index in [0.717, 1.165) is 0 Å². The number of nitrogens with zero attached hydrogens (tertiary/aromatic N) is 3. The molecular weight excluding hydrogens is 222 g/mol. The molecule has 0 saturated carbocycles. The summed E-state index contributed by atoms with van der Waals surface area (Å²) in [7, 11) is 0. The quantitative estimate of drug-likeness (QED) is 0.602. The van der Waals surface area contributed by atoms with Crippen LogP contribution in [0.1, 0.15) is 0 Å². The minimum absolute atomic E-state index is 0.429. The average Bonchev–Trinajstić information content (AvgIpc) is 2.28. The van der Waals surface area contributed by atoms with Crippen LogP contribution in [-0.4, -0.2) is 21.2 Å². The van der Waals surface area contributed by atoms with E-state index in [1.807, 2.05) is 6.26 Å². The van der Waals surface area contributed by atoms with E-state index in [1.165, 1.54) is 11.8 Å². The van der Waals surface area contributed by atoms with Crippen molar-refractivity contribution in [2.24, 2.45) is 0 Å². The van der Waals surface area contributed by atoms with Crippen molar-refractivity contribution in [3.63, 3.8) is 0 Å². The van der Waals surface area contributed by atoms with E-state index in [-0.39, 0.29) is 0 Å². The molecule has 4 N–H and O–H groups in total. The van der Waals surface area contributed by atoms with E-state index in [9.17, 15) is 0 Å². The molecule has 82 valence electrons. The summed E-state index contributed by atoms with van der Waals surface area (Å²) >= 11 is 1.43. The minimum Gasteiger partial charge on any atom is -0.399 e. The number of hydrogen-bond donors (Lipinski definition) is 2. The third-order valence-electron chi connectivity index (χ3n) is 1.95. The van der Waals surface area contributed by atoms with Crippen molar-refractivity contribution in [2.45, 2.75) is 5.16 Å². The summed E-state index contributed by atoms with van der Waals surface area (Å²) in [5, 5.41) is 0.624. The molecule has 2 rings (SSSR count). The zero-order valence-electron chi connectivity index (χ0n) is 8.71. The second kappa shape index (κ2) is 4.36. The van der Waals surface area contributed by atoms with E-state index >= 15 is 0 Å². The van der Waals surface area contributed by atoms with Gasteiger partial charge in [-0.25, -0.2) is 9.97 Å². The highest BCUT2D eigenvalue weighted by Crippen LogP contribution is 2.21. The highest BCUT2D eigenvalue weighted by molar-refractivity contribution is 7.98. The largest absolute Gasteiger partial charge is 0.399 e. The fourth-order valence-corrected chi connectivity index (χ4v) is 1.64. The van der Waals surface area contributed by atoms with Crippen LogP contribution < -0.4 is 11.5 Å². The van der Waals surface area contributed by atoms with Crippen molar-refractivity contribution in [3.05, 3.63) is 24.4 Å². The third kappa shape index (κ3) is 2.22. The molecule has 2 heterocycles. The van der Waals surface area contributed by atoms with E-state index in [1.54, 1.807) is 24.4 Å². The molecule has 5 nitrogen and oxygen atoms in total. The number of pyridine rings is 1. The molecule has 0 aliphatic heterocycles. The van der Waals surface area contributed by atoms with Crippen LogP contribution in [0.3, 0.4) is 0 Å². The summed E-state index contributed by atoms with van der Waals surface area (Å²) in [6.07, 6.45) is 3.53. The Balaban J connectivity index is 2.51. The fraction of sp³-hybridized carbons (Fsp3) is 0.100. The number of nitrogen functional groups attached to an aromatic ring is 2. The summed E-state index contributed by atoms with van der Waals surface area (Å²) in [6.45, 7) is 0. The molecule has 0 amide bonds. The molecule has 0 aliphatic carbocycles. The van der Waals surface area contributed by atoms with E-state index in [2.05, 4.69) is 15.0 Å². The Morgan fingerprint density at radius 1 is 1.12 bits per heavy atom. The number of anilines is 2. The van der Waals surface area contributed by atoms with Gasteiger partial charge >= 0.3 is 0 Å². The molecule has 0 bridgehead atoms. The summed E-state index contributed by atoms with van der Waals surface area (Å²) in [4.78, 5) is 12.6. The maximum atomic E-state index is 5.69. The highest BCUT2D eigenvalue weighted by atomic mass is 32.2. The monoisotopic (exact) mass is 233 g/mol. The lowest BCUT2D eigenvalue weighted by Gasteiger charge is -2.04. The molecule has 0 saturated heterocycles. The van der Waals surface area contributed by atoms with Gasteiger partial charge in [-0.2, -0.15) is 0 Å². The van der Waals surface area contributed by atoms with Gasteiger partial charge in [-0.1, -0.05) is 11.8 Å². The smallest absolute Gasteiger partial charge is 0.189 e. The van der Waals surface area contributed by atoms with Crippen LogP contribution >= 0.6 is 11.8 Å². The van der Waals surface area contributed by atoms with Crippen LogP contribution in [0.2, 0.25) is 0 Å². The Morgan fingerprint density at radius 3 is 2.62 bits per heavy atom. The molecule has 2 aromatic heterocycles.